The fourth-order valence-corrected chi connectivity index (χ4v) is 3.44. The number of hydrogen-bond donors (Lipinski definition) is 2. The zero-order chi connectivity index (χ0) is 21.8. The van der Waals surface area contributed by atoms with Gasteiger partial charge in [-0.2, -0.15) is 5.10 Å². The number of aromatic amines is 1. The Morgan fingerprint density at radius 2 is 1.71 bits per heavy atom. The Hall–Kier alpha value is -3.57. The summed E-state index contributed by atoms with van der Waals surface area (Å²) in [5, 5.41) is 11.2. The van der Waals surface area contributed by atoms with Crippen molar-refractivity contribution in [3.8, 4) is 28.3 Å². The molecule has 1 atom stereocenters. The van der Waals surface area contributed by atoms with Crippen LogP contribution in [0.2, 0.25) is 5.02 Å². The third kappa shape index (κ3) is 4.78. The number of amides is 1. The highest BCUT2D eigenvalue weighted by Gasteiger charge is 2.13. The molecular formula is C25H22ClN3O2. The second kappa shape index (κ2) is 9.06. The Bertz CT molecular complexity index is 1180. The minimum absolute atomic E-state index is 0.134. The third-order valence-electron chi connectivity index (χ3n) is 5.12. The largest absolute Gasteiger partial charge is 0.497 e. The van der Waals surface area contributed by atoms with E-state index in [1.54, 1.807) is 19.2 Å². The molecule has 0 aliphatic carbocycles. The lowest BCUT2D eigenvalue weighted by molar-refractivity contribution is 0.0940. The predicted molar refractivity (Wildman–Crippen MR) is 123 cm³/mol. The molecule has 4 rings (SSSR count). The zero-order valence-corrected chi connectivity index (χ0v) is 18.0. The minimum atomic E-state index is -0.143. The fraction of sp³-hybridized carbons (Fsp3) is 0.120. The standard InChI is InChI=1S/C25H22ClN3O2/c1-16(20-4-3-5-22(14-20)31-2)27-25(30)19-8-6-17(7-9-19)23-15-24(29-28-23)18-10-12-21(26)13-11-18/h3-16H,1-2H3,(H,27,30)(H,28,29)/t16-/m1/s1. The van der Waals surface area contributed by atoms with Crippen molar-refractivity contribution >= 4 is 17.5 Å². The lowest BCUT2D eigenvalue weighted by Crippen LogP contribution is -2.26. The smallest absolute Gasteiger partial charge is 0.251 e. The quantitative estimate of drug-likeness (QED) is 0.399. The molecular weight excluding hydrogens is 410 g/mol. The van der Waals surface area contributed by atoms with E-state index in [-0.39, 0.29) is 11.9 Å². The Labute approximate surface area is 186 Å². The van der Waals surface area contributed by atoms with Crippen molar-refractivity contribution in [2.75, 3.05) is 7.11 Å². The number of ether oxygens (including phenoxy) is 1. The van der Waals surface area contributed by atoms with Crippen molar-refractivity contribution in [1.29, 1.82) is 0 Å². The van der Waals surface area contributed by atoms with Crippen LogP contribution < -0.4 is 10.1 Å². The normalized spacial score (nSPS) is 11.7. The highest BCUT2D eigenvalue weighted by Crippen LogP contribution is 2.25. The molecule has 0 radical (unpaired) electrons. The topological polar surface area (TPSA) is 67.0 Å². The van der Waals surface area contributed by atoms with Crippen molar-refractivity contribution in [2.24, 2.45) is 0 Å². The first-order chi connectivity index (χ1) is 15.0. The van der Waals surface area contributed by atoms with Crippen molar-refractivity contribution < 1.29 is 9.53 Å². The molecule has 5 nitrogen and oxygen atoms in total. The zero-order valence-electron chi connectivity index (χ0n) is 17.2. The number of methoxy groups -OCH3 is 1. The van der Waals surface area contributed by atoms with E-state index in [4.69, 9.17) is 16.3 Å². The van der Waals surface area contributed by atoms with Crippen LogP contribution in [0.5, 0.6) is 5.75 Å². The van der Waals surface area contributed by atoms with E-state index in [2.05, 4.69) is 15.5 Å². The molecule has 0 saturated carbocycles. The number of H-pyrrole nitrogens is 1. The molecule has 3 aromatic carbocycles. The first-order valence-electron chi connectivity index (χ1n) is 9.90. The van der Waals surface area contributed by atoms with Gasteiger partial charge in [0.05, 0.1) is 24.5 Å². The summed E-state index contributed by atoms with van der Waals surface area (Å²) in [4.78, 5) is 12.7. The predicted octanol–water partition coefficient (Wildman–Crippen LogP) is 5.90. The molecule has 0 aliphatic rings. The molecule has 1 amide bonds. The van der Waals surface area contributed by atoms with Crippen LogP contribution in [0.4, 0.5) is 0 Å². The number of rotatable bonds is 6. The number of carbonyl (C=O) groups is 1. The van der Waals surface area contributed by atoms with Gasteiger partial charge in [0.25, 0.3) is 5.91 Å². The fourth-order valence-electron chi connectivity index (χ4n) is 3.31. The van der Waals surface area contributed by atoms with E-state index in [0.29, 0.717) is 10.6 Å². The summed E-state index contributed by atoms with van der Waals surface area (Å²) in [6, 6.07) is 24.5. The minimum Gasteiger partial charge on any atom is -0.497 e. The molecule has 6 heteroatoms. The Balaban J connectivity index is 1.45. The summed E-state index contributed by atoms with van der Waals surface area (Å²) in [7, 11) is 1.63. The van der Waals surface area contributed by atoms with Crippen molar-refractivity contribution in [3.05, 3.63) is 95.0 Å². The second-order valence-corrected chi connectivity index (χ2v) is 7.66. The molecule has 0 aliphatic heterocycles. The van der Waals surface area contributed by atoms with Gasteiger partial charge in [-0.15, -0.1) is 0 Å². The molecule has 1 heterocycles. The lowest BCUT2D eigenvalue weighted by Gasteiger charge is -2.15. The van der Waals surface area contributed by atoms with Gasteiger partial charge in [-0.3, -0.25) is 9.89 Å². The molecule has 1 aromatic heterocycles. The maximum Gasteiger partial charge on any atom is 0.251 e. The molecule has 2 N–H and O–H groups in total. The van der Waals surface area contributed by atoms with Crippen LogP contribution in [0.25, 0.3) is 22.5 Å². The van der Waals surface area contributed by atoms with Gasteiger partial charge in [-0.25, -0.2) is 0 Å². The van der Waals surface area contributed by atoms with Gasteiger partial charge < -0.3 is 10.1 Å². The van der Waals surface area contributed by atoms with Crippen LogP contribution in [-0.4, -0.2) is 23.2 Å². The van der Waals surface area contributed by atoms with Crippen LogP contribution >= 0.6 is 11.6 Å². The van der Waals surface area contributed by atoms with E-state index in [1.807, 2.05) is 73.7 Å². The van der Waals surface area contributed by atoms with E-state index in [0.717, 1.165) is 33.8 Å². The van der Waals surface area contributed by atoms with Crippen LogP contribution in [0.1, 0.15) is 28.9 Å². The summed E-state index contributed by atoms with van der Waals surface area (Å²) in [6.45, 7) is 1.95. The number of nitrogens with one attached hydrogen (secondary N) is 2. The SMILES string of the molecule is COc1cccc([C@@H](C)NC(=O)c2ccc(-c3cc(-c4ccc(Cl)cc4)[nH]n3)cc2)c1. The van der Waals surface area contributed by atoms with E-state index in [9.17, 15) is 4.79 Å². The van der Waals surface area contributed by atoms with Gasteiger partial charge in [0.1, 0.15) is 5.75 Å². The summed E-state index contributed by atoms with van der Waals surface area (Å²) in [6.07, 6.45) is 0. The number of nitrogens with zero attached hydrogens (tertiary/aromatic N) is 1. The Kier molecular flexibility index (Phi) is 6.05. The highest BCUT2D eigenvalue weighted by atomic mass is 35.5. The van der Waals surface area contributed by atoms with Gasteiger partial charge in [0.2, 0.25) is 0 Å². The first kappa shape index (κ1) is 20.7. The van der Waals surface area contributed by atoms with Gasteiger partial charge in [0, 0.05) is 16.1 Å². The average molecular weight is 432 g/mol. The highest BCUT2D eigenvalue weighted by molar-refractivity contribution is 6.30. The van der Waals surface area contributed by atoms with Crippen molar-refractivity contribution in [1.82, 2.24) is 15.5 Å². The van der Waals surface area contributed by atoms with Crippen LogP contribution in [0.3, 0.4) is 0 Å². The average Bonchev–Trinajstić information content (AvgIpc) is 3.30. The molecule has 0 spiro atoms. The molecule has 0 unspecified atom stereocenters. The van der Waals surface area contributed by atoms with Crippen LogP contribution in [0, 0.1) is 0 Å². The van der Waals surface area contributed by atoms with Crippen LogP contribution in [0.15, 0.2) is 78.9 Å². The molecule has 0 bridgehead atoms. The lowest BCUT2D eigenvalue weighted by atomic mass is 10.1. The van der Waals surface area contributed by atoms with Crippen LogP contribution in [-0.2, 0) is 0 Å². The number of benzene rings is 3. The maximum atomic E-state index is 12.7. The summed E-state index contributed by atoms with van der Waals surface area (Å²) < 4.78 is 5.26. The number of hydrogen-bond acceptors (Lipinski definition) is 3. The van der Waals surface area contributed by atoms with E-state index < -0.39 is 0 Å². The monoisotopic (exact) mass is 431 g/mol. The van der Waals surface area contributed by atoms with Gasteiger partial charge >= 0.3 is 0 Å². The van der Waals surface area contributed by atoms with Crippen molar-refractivity contribution in [3.63, 3.8) is 0 Å². The number of halogens is 1. The number of carbonyl (C=O) groups excluding carboxylic acids is 1. The summed E-state index contributed by atoms with van der Waals surface area (Å²) in [5.41, 5.74) is 5.21. The molecule has 0 fully saturated rings. The molecule has 4 aromatic rings. The molecule has 31 heavy (non-hydrogen) atoms. The van der Waals surface area contributed by atoms with E-state index >= 15 is 0 Å². The third-order valence-corrected chi connectivity index (χ3v) is 5.37. The van der Waals surface area contributed by atoms with Crippen molar-refractivity contribution in [2.45, 2.75) is 13.0 Å². The summed E-state index contributed by atoms with van der Waals surface area (Å²) in [5.74, 6) is 0.630. The van der Waals surface area contributed by atoms with E-state index in [1.165, 1.54) is 0 Å². The van der Waals surface area contributed by atoms with Gasteiger partial charge in [-0.1, -0.05) is 48.0 Å². The molecule has 0 saturated heterocycles. The summed E-state index contributed by atoms with van der Waals surface area (Å²) >= 11 is 5.96. The molecule has 156 valence electrons. The van der Waals surface area contributed by atoms with Gasteiger partial charge in [0.15, 0.2) is 0 Å². The van der Waals surface area contributed by atoms with Gasteiger partial charge in [-0.05, 0) is 60.5 Å². The maximum absolute atomic E-state index is 12.7. The Morgan fingerprint density at radius 3 is 2.42 bits per heavy atom. The first-order valence-corrected chi connectivity index (χ1v) is 10.3. The second-order valence-electron chi connectivity index (χ2n) is 7.22. The number of aromatic nitrogens is 2. The Morgan fingerprint density at radius 1 is 1.00 bits per heavy atom.